The van der Waals surface area contributed by atoms with Gasteiger partial charge < -0.3 is 15.3 Å². The van der Waals surface area contributed by atoms with Gasteiger partial charge in [0, 0.05) is 19.1 Å². The fourth-order valence-corrected chi connectivity index (χ4v) is 1.59. The number of amides is 2. The molecular weight excluding hydrogens is 220 g/mol. The third-order valence-electron chi connectivity index (χ3n) is 2.60. The molecule has 2 N–H and O–H groups in total. The first-order valence-corrected chi connectivity index (χ1v) is 6.14. The Balaban J connectivity index is 4.15. The van der Waals surface area contributed by atoms with Crippen LogP contribution in [0.25, 0.3) is 0 Å². The van der Waals surface area contributed by atoms with Crippen LogP contribution in [0.2, 0.25) is 0 Å². The number of carboxylic acids is 1. The van der Waals surface area contributed by atoms with Crippen LogP contribution in [0, 0.1) is 5.92 Å². The number of aliphatic carboxylic acids is 1. The van der Waals surface area contributed by atoms with Crippen LogP contribution in [-0.2, 0) is 4.79 Å². The highest BCUT2D eigenvalue weighted by Gasteiger charge is 2.20. The number of nitrogens with one attached hydrogen (secondary N) is 1. The smallest absolute Gasteiger partial charge is 0.317 e. The van der Waals surface area contributed by atoms with Gasteiger partial charge in [-0.15, -0.1) is 0 Å². The normalized spacial score (nSPS) is 12.3. The molecule has 17 heavy (non-hydrogen) atoms. The van der Waals surface area contributed by atoms with Gasteiger partial charge in [-0.3, -0.25) is 4.79 Å². The van der Waals surface area contributed by atoms with Crippen molar-refractivity contribution in [3.05, 3.63) is 0 Å². The van der Waals surface area contributed by atoms with Crippen LogP contribution < -0.4 is 5.32 Å². The lowest BCUT2D eigenvalue weighted by molar-refractivity contribution is -0.138. The van der Waals surface area contributed by atoms with Gasteiger partial charge in [0.1, 0.15) is 0 Å². The molecule has 2 amide bonds. The Morgan fingerprint density at radius 1 is 1.29 bits per heavy atom. The summed E-state index contributed by atoms with van der Waals surface area (Å²) in [6.07, 6.45) is 0.905. The Morgan fingerprint density at radius 3 is 2.29 bits per heavy atom. The summed E-state index contributed by atoms with van der Waals surface area (Å²) >= 11 is 0. The Kier molecular flexibility index (Phi) is 7.34. The molecule has 0 rings (SSSR count). The van der Waals surface area contributed by atoms with Crippen LogP contribution in [0.15, 0.2) is 0 Å². The predicted octanol–water partition coefficient (Wildman–Crippen LogP) is 1.93. The molecule has 0 aliphatic rings. The molecule has 0 aliphatic carbocycles. The van der Waals surface area contributed by atoms with E-state index in [-0.39, 0.29) is 18.5 Å². The van der Waals surface area contributed by atoms with Crippen molar-refractivity contribution in [3.63, 3.8) is 0 Å². The van der Waals surface area contributed by atoms with Crippen molar-refractivity contribution in [1.82, 2.24) is 10.2 Å². The maximum absolute atomic E-state index is 11.8. The first-order chi connectivity index (χ1) is 7.88. The molecule has 5 nitrogen and oxygen atoms in total. The summed E-state index contributed by atoms with van der Waals surface area (Å²) in [5.41, 5.74) is 0. The van der Waals surface area contributed by atoms with Gasteiger partial charge in [0.15, 0.2) is 0 Å². The minimum absolute atomic E-state index is 0.0224. The number of nitrogens with zero attached hydrogens (tertiary/aromatic N) is 1. The monoisotopic (exact) mass is 244 g/mol. The average molecular weight is 244 g/mol. The molecule has 1 atom stereocenters. The number of urea groups is 1. The van der Waals surface area contributed by atoms with Crippen LogP contribution in [0.5, 0.6) is 0 Å². The molecular formula is C12H24N2O3. The maximum atomic E-state index is 11.8. The summed E-state index contributed by atoms with van der Waals surface area (Å²) in [4.78, 5) is 23.9. The second-order valence-corrected chi connectivity index (χ2v) is 4.65. The molecule has 100 valence electrons. The van der Waals surface area contributed by atoms with Crippen molar-refractivity contribution in [3.8, 4) is 0 Å². The van der Waals surface area contributed by atoms with E-state index in [0.29, 0.717) is 19.0 Å². The molecule has 0 spiro atoms. The number of hydrogen-bond donors (Lipinski definition) is 2. The lowest BCUT2D eigenvalue weighted by Crippen LogP contribution is -2.46. The molecule has 0 aromatic rings. The summed E-state index contributed by atoms with van der Waals surface area (Å²) in [5, 5.41) is 11.5. The minimum Gasteiger partial charge on any atom is -0.481 e. The summed E-state index contributed by atoms with van der Waals surface area (Å²) < 4.78 is 0. The van der Waals surface area contributed by atoms with Crippen LogP contribution in [0.4, 0.5) is 4.79 Å². The highest BCUT2D eigenvalue weighted by Crippen LogP contribution is 2.04. The van der Waals surface area contributed by atoms with Crippen molar-refractivity contribution >= 4 is 12.0 Å². The average Bonchev–Trinajstić information content (AvgIpc) is 2.16. The lowest BCUT2D eigenvalue weighted by Gasteiger charge is -2.27. The molecule has 0 radical (unpaired) electrons. The van der Waals surface area contributed by atoms with E-state index in [2.05, 4.69) is 19.2 Å². The summed E-state index contributed by atoms with van der Waals surface area (Å²) in [5.74, 6) is -0.340. The summed E-state index contributed by atoms with van der Waals surface area (Å²) in [6, 6.07) is -0.460. The van der Waals surface area contributed by atoms with Crippen LogP contribution in [-0.4, -0.2) is 41.1 Å². The SMILES string of the molecule is CCN(C(=O)NCCC(C)C)C(C)CC(=O)O. The van der Waals surface area contributed by atoms with Gasteiger partial charge in [-0.2, -0.15) is 0 Å². The lowest BCUT2D eigenvalue weighted by atomic mass is 10.1. The topological polar surface area (TPSA) is 69.6 Å². The van der Waals surface area contributed by atoms with Gasteiger partial charge in [-0.05, 0) is 26.2 Å². The molecule has 1 unspecified atom stereocenters. The first-order valence-electron chi connectivity index (χ1n) is 6.14. The molecule has 0 saturated carbocycles. The number of carbonyl (C=O) groups excluding carboxylic acids is 1. The zero-order chi connectivity index (χ0) is 13.4. The van der Waals surface area contributed by atoms with E-state index >= 15 is 0 Å². The third-order valence-corrected chi connectivity index (χ3v) is 2.60. The summed E-state index contributed by atoms with van der Waals surface area (Å²) in [7, 11) is 0. The standard InChI is InChI=1S/C12H24N2O3/c1-5-14(10(4)8-11(15)16)12(17)13-7-6-9(2)3/h9-10H,5-8H2,1-4H3,(H,13,17)(H,15,16). The molecule has 0 saturated heterocycles. The zero-order valence-electron chi connectivity index (χ0n) is 11.2. The van der Waals surface area contributed by atoms with Gasteiger partial charge >= 0.3 is 12.0 Å². The Morgan fingerprint density at radius 2 is 1.88 bits per heavy atom. The van der Waals surface area contributed by atoms with E-state index in [1.165, 1.54) is 0 Å². The number of hydrogen-bond acceptors (Lipinski definition) is 2. The van der Waals surface area contributed by atoms with E-state index in [0.717, 1.165) is 6.42 Å². The largest absolute Gasteiger partial charge is 0.481 e. The molecule has 0 fully saturated rings. The van der Waals surface area contributed by atoms with E-state index < -0.39 is 5.97 Å². The number of carbonyl (C=O) groups is 2. The van der Waals surface area contributed by atoms with Crippen molar-refractivity contribution < 1.29 is 14.7 Å². The number of carboxylic acid groups (broad SMARTS) is 1. The maximum Gasteiger partial charge on any atom is 0.317 e. The molecule has 0 aliphatic heterocycles. The van der Waals surface area contributed by atoms with E-state index in [4.69, 9.17) is 5.11 Å². The number of rotatable bonds is 7. The quantitative estimate of drug-likeness (QED) is 0.719. The van der Waals surface area contributed by atoms with E-state index in [1.807, 2.05) is 6.92 Å². The Bertz CT molecular complexity index is 254. The molecule has 0 aromatic heterocycles. The van der Waals surface area contributed by atoms with Crippen molar-refractivity contribution in [2.75, 3.05) is 13.1 Å². The van der Waals surface area contributed by atoms with Crippen LogP contribution in [0.3, 0.4) is 0 Å². The van der Waals surface area contributed by atoms with Crippen LogP contribution >= 0.6 is 0 Å². The van der Waals surface area contributed by atoms with E-state index in [1.54, 1.807) is 11.8 Å². The molecule has 5 heteroatoms. The Labute approximate surface area is 103 Å². The Hall–Kier alpha value is -1.26. The fraction of sp³-hybridized carbons (Fsp3) is 0.833. The molecule has 0 heterocycles. The highest BCUT2D eigenvalue weighted by molar-refractivity contribution is 5.75. The zero-order valence-corrected chi connectivity index (χ0v) is 11.2. The second kappa shape index (κ2) is 7.92. The molecule has 0 aromatic carbocycles. The predicted molar refractivity (Wildman–Crippen MR) is 66.9 cm³/mol. The van der Waals surface area contributed by atoms with Crippen molar-refractivity contribution in [2.24, 2.45) is 5.92 Å². The fourth-order valence-electron chi connectivity index (χ4n) is 1.59. The second-order valence-electron chi connectivity index (χ2n) is 4.65. The molecule has 0 bridgehead atoms. The highest BCUT2D eigenvalue weighted by atomic mass is 16.4. The van der Waals surface area contributed by atoms with Gasteiger partial charge in [-0.25, -0.2) is 4.79 Å². The van der Waals surface area contributed by atoms with Crippen LogP contribution in [0.1, 0.15) is 40.5 Å². The van der Waals surface area contributed by atoms with Gasteiger partial charge in [0.25, 0.3) is 0 Å². The van der Waals surface area contributed by atoms with Crippen molar-refractivity contribution in [1.29, 1.82) is 0 Å². The van der Waals surface area contributed by atoms with Crippen molar-refractivity contribution in [2.45, 2.75) is 46.6 Å². The minimum atomic E-state index is -0.883. The third kappa shape index (κ3) is 6.81. The van der Waals surface area contributed by atoms with Gasteiger partial charge in [0.2, 0.25) is 0 Å². The van der Waals surface area contributed by atoms with Gasteiger partial charge in [0.05, 0.1) is 6.42 Å². The van der Waals surface area contributed by atoms with E-state index in [9.17, 15) is 9.59 Å². The van der Waals surface area contributed by atoms with Gasteiger partial charge in [-0.1, -0.05) is 13.8 Å². The first kappa shape index (κ1) is 15.7. The summed E-state index contributed by atoms with van der Waals surface area (Å²) in [6.45, 7) is 8.93.